The minimum Gasteiger partial charge on any atom is -0.507 e. The summed E-state index contributed by atoms with van der Waals surface area (Å²) in [5.74, 6) is -2.80. The summed E-state index contributed by atoms with van der Waals surface area (Å²) in [7, 11) is 1.52. The molecule has 0 aliphatic carbocycles. The minimum atomic E-state index is -2.78. The van der Waals surface area contributed by atoms with Crippen molar-refractivity contribution in [3.8, 4) is 17.0 Å². The van der Waals surface area contributed by atoms with Crippen LogP contribution in [0, 0.1) is 5.92 Å². The van der Waals surface area contributed by atoms with Gasteiger partial charge in [0.2, 0.25) is 0 Å². The first kappa shape index (κ1) is 19.9. The molecule has 2 saturated heterocycles. The van der Waals surface area contributed by atoms with E-state index in [2.05, 4.69) is 32.1 Å². The third-order valence-electron chi connectivity index (χ3n) is 6.30. The number of nitrogens with one attached hydrogen (secondary N) is 1. The number of hydrogen-bond acceptors (Lipinski definition) is 7. The molecule has 2 bridgehead atoms. The van der Waals surface area contributed by atoms with Crippen LogP contribution in [-0.2, 0) is 4.74 Å². The van der Waals surface area contributed by atoms with Crippen LogP contribution in [0.4, 0.5) is 8.78 Å². The lowest BCUT2D eigenvalue weighted by molar-refractivity contribution is -0.0153. The Labute approximate surface area is 177 Å². The molecule has 31 heavy (non-hydrogen) atoms. The fourth-order valence-corrected chi connectivity index (χ4v) is 4.70. The molecule has 0 unspecified atom stereocenters. The van der Waals surface area contributed by atoms with E-state index in [9.17, 15) is 13.9 Å². The average molecular weight is 425 g/mol. The van der Waals surface area contributed by atoms with Gasteiger partial charge in [-0.05, 0) is 35.6 Å². The van der Waals surface area contributed by atoms with Crippen LogP contribution in [0.5, 0.6) is 5.75 Å². The molecule has 5 rings (SSSR count). The van der Waals surface area contributed by atoms with Gasteiger partial charge in [-0.1, -0.05) is 6.58 Å². The van der Waals surface area contributed by atoms with Crippen molar-refractivity contribution in [1.29, 1.82) is 0 Å². The van der Waals surface area contributed by atoms with E-state index in [4.69, 9.17) is 4.74 Å². The quantitative estimate of drug-likeness (QED) is 0.663. The zero-order valence-electron chi connectivity index (χ0n) is 16.8. The second-order valence-corrected chi connectivity index (χ2v) is 8.12. The molecule has 4 atom stereocenters. The fourth-order valence-electron chi connectivity index (χ4n) is 4.70. The average Bonchev–Trinajstić information content (AvgIpc) is 3.01. The van der Waals surface area contributed by atoms with E-state index in [0.29, 0.717) is 16.8 Å². The highest BCUT2D eigenvalue weighted by molar-refractivity contribution is 5.89. The van der Waals surface area contributed by atoms with E-state index in [-0.39, 0.29) is 30.3 Å². The fraction of sp³-hybridized carbons (Fsp3) is 0.364. The topological polar surface area (TPSA) is 93.1 Å². The molecule has 2 fully saturated rings. The van der Waals surface area contributed by atoms with Crippen LogP contribution in [0.25, 0.3) is 27.6 Å². The van der Waals surface area contributed by atoms with Crippen LogP contribution >= 0.6 is 0 Å². The number of fused-ring (bicyclic) bond motifs is 3. The maximum Gasteiger partial charge on any atom is 0.264 e. The first-order chi connectivity index (χ1) is 14.9. The second-order valence-electron chi connectivity index (χ2n) is 8.12. The third-order valence-corrected chi connectivity index (χ3v) is 6.30. The van der Waals surface area contributed by atoms with Crippen LogP contribution in [-0.4, -0.2) is 56.5 Å². The number of piperidine rings is 1. The van der Waals surface area contributed by atoms with Gasteiger partial charge in [0.25, 0.3) is 5.92 Å². The number of hydrogen-bond donors (Lipinski definition) is 2. The normalized spacial score (nSPS) is 26.8. The van der Waals surface area contributed by atoms with Gasteiger partial charge in [-0.3, -0.25) is 4.98 Å². The number of phenols is 1. The minimum absolute atomic E-state index is 0.0415. The highest BCUT2D eigenvalue weighted by atomic mass is 19.3. The highest BCUT2D eigenvalue weighted by Gasteiger charge is 2.57. The molecule has 0 saturated carbocycles. The molecule has 0 amide bonds. The second kappa shape index (κ2) is 7.28. The zero-order chi connectivity index (χ0) is 21.8. The van der Waals surface area contributed by atoms with Gasteiger partial charge in [0.1, 0.15) is 11.4 Å². The monoisotopic (exact) mass is 425 g/mol. The summed E-state index contributed by atoms with van der Waals surface area (Å²) in [5.41, 5.74) is 1.41. The Kier molecular flexibility index (Phi) is 4.67. The summed E-state index contributed by atoms with van der Waals surface area (Å²) >= 11 is 0. The van der Waals surface area contributed by atoms with E-state index >= 15 is 0 Å². The SMILES string of the molecule is C=C(c1ncc(-c2cc3ccncc3cc2O)nn1)[C@H]1C[C@H]2N[C@H](CC2(F)F)[C@@H]1OC. The van der Waals surface area contributed by atoms with Crippen molar-refractivity contribution in [1.82, 2.24) is 25.5 Å². The number of ether oxygens (including phenoxy) is 1. The number of halogens is 2. The molecule has 0 radical (unpaired) electrons. The first-order valence-electron chi connectivity index (χ1n) is 10.00. The van der Waals surface area contributed by atoms with Crippen molar-refractivity contribution >= 4 is 16.3 Å². The van der Waals surface area contributed by atoms with Crippen molar-refractivity contribution < 1.29 is 18.6 Å². The molecule has 2 N–H and O–H groups in total. The molecule has 160 valence electrons. The number of methoxy groups -OCH3 is 1. The van der Waals surface area contributed by atoms with Crippen LogP contribution in [0.1, 0.15) is 18.7 Å². The standard InChI is InChI=1S/C22H21F2N5O2/c1-11(14-7-19-22(23,24)8-16(27-19)20(14)31-2)21-26-10-17(28-29-21)15-5-12-3-4-25-9-13(12)6-18(15)30/h3-6,9-10,14,16,19-20,27,30H,1,7-8H2,2H3/t14-,16-,19-,20-/m1/s1. The Hall–Kier alpha value is -3.04. The van der Waals surface area contributed by atoms with Gasteiger partial charge in [0, 0.05) is 48.8 Å². The van der Waals surface area contributed by atoms with Crippen molar-refractivity contribution in [3.63, 3.8) is 0 Å². The number of rotatable bonds is 4. The molecule has 4 heterocycles. The van der Waals surface area contributed by atoms with E-state index in [0.717, 1.165) is 10.8 Å². The van der Waals surface area contributed by atoms with Crippen molar-refractivity contribution in [2.75, 3.05) is 7.11 Å². The van der Waals surface area contributed by atoms with Crippen LogP contribution in [0.15, 0.2) is 43.4 Å². The Morgan fingerprint density at radius 3 is 2.84 bits per heavy atom. The number of aromatic hydroxyl groups is 1. The van der Waals surface area contributed by atoms with Crippen LogP contribution in [0.3, 0.4) is 0 Å². The molecule has 2 aliphatic heterocycles. The van der Waals surface area contributed by atoms with Crippen LogP contribution < -0.4 is 5.32 Å². The van der Waals surface area contributed by atoms with Crippen molar-refractivity contribution in [2.45, 2.75) is 37.0 Å². The summed E-state index contributed by atoms with van der Waals surface area (Å²) in [6.07, 6.45) is 4.32. The summed E-state index contributed by atoms with van der Waals surface area (Å²) in [4.78, 5) is 8.41. The van der Waals surface area contributed by atoms with E-state index in [1.54, 1.807) is 24.5 Å². The summed E-state index contributed by atoms with van der Waals surface area (Å²) in [6.45, 7) is 4.08. The number of benzene rings is 1. The predicted octanol–water partition coefficient (Wildman–Crippen LogP) is 3.21. The van der Waals surface area contributed by atoms with E-state index < -0.39 is 24.1 Å². The predicted molar refractivity (Wildman–Crippen MR) is 110 cm³/mol. The molecular weight excluding hydrogens is 404 g/mol. The highest BCUT2D eigenvalue weighted by Crippen LogP contribution is 2.45. The van der Waals surface area contributed by atoms with Crippen molar-refractivity contribution in [2.24, 2.45) is 5.92 Å². The van der Waals surface area contributed by atoms with Gasteiger partial charge in [0.05, 0.1) is 18.3 Å². The molecule has 2 aliphatic rings. The van der Waals surface area contributed by atoms with E-state index in [1.165, 1.54) is 13.3 Å². The molecule has 0 spiro atoms. The zero-order valence-corrected chi connectivity index (χ0v) is 16.8. The Morgan fingerprint density at radius 2 is 2.10 bits per heavy atom. The lowest BCUT2D eigenvalue weighted by Gasteiger charge is -2.36. The summed E-state index contributed by atoms with van der Waals surface area (Å²) < 4.78 is 34.0. The number of nitrogens with zero attached hydrogens (tertiary/aromatic N) is 4. The van der Waals surface area contributed by atoms with Gasteiger partial charge < -0.3 is 15.2 Å². The Morgan fingerprint density at radius 1 is 1.26 bits per heavy atom. The maximum atomic E-state index is 14.2. The third kappa shape index (κ3) is 3.34. The van der Waals surface area contributed by atoms with Crippen LogP contribution in [0.2, 0.25) is 0 Å². The van der Waals surface area contributed by atoms with Gasteiger partial charge in [0.15, 0.2) is 5.82 Å². The Balaban J connectivity index is 1.43. The van der Waals surface area contributed by atoms with Crippen molar-refractivity contribution in [3.05, 3.63) is 49.2 Å². The van der Waals surface area contributed by atoms with E-state index in [1.807, 2.05) is 6.07 Å². The maximum absolute atomic E-state index is 14.2. The number of pyridine rings is 1. The number of aromatic nitrogens is 4. The summed E-state index contributed by atoms with van der Waals surface area (Å²) in [6, 6.07) is 3.88. The molecule has 9 heteroatoms. The first-order valence-corrected chi connectivity index (χ1v) is 10.00. The summed E-state index contributed by atoms with van der Waals surface area (Å²) in [5, 5.41) is 23.4. The molecule has 2 aromatic heterocycles. The molecule has 3 aromatic rings. The molecule has 7 nitrogen and oxygen atoms in total. The number of alkyl halides is 2. The smallest absolute Gasteiger partial charge is 0.264 e. The Bertz CT molecular complexity index is 1150. The lowest BCUT2D eigenvalue weighted by atomic mass is 9.83. The molecule has 1 aromatic carbocycles. The molecular formula is C22H21F2N5O2. The van der Waals surface area contributed by atoms with Gasteiger partial charge in [-0.25, -0.2) is 13.8 Å². The van der Waals surface area contributed by atoms with Gasteiger partial charge in [-0.2, -0.15) is 0 Å². The lowest BCUT2D eigenvalue weighted by Crippen LogP contribution is -2.51. The van der Waals surface area contributed by atoms with Gasteiger partial charge >= 0.3 is 0 Å². The largest absolute Gasteiger partial charge is 0.507 e. The van der Waals surface area contributed by atoms with Gasteiger partial charge in [-0.15, -0.1) is 10.2 Å². The number of phenolic OH excluding ortho intramolecular Hbond substituents is 1.